The van der Waals surface area contributed by atoms with E-state index < -0.39 is 16.9 Å². The standard InChI is InChI=1S/C18H17F2N3OS.C11H14FN3S/c1-18(6-7-25-17(21)23-18)13-8-11(2-4-14(13)20)9-16(24)15-5-3-12(19)10-22-15;1-11(4-5-16-10(14)15-11)8-6-7(13)2-3-9(8)12/h2-5,8,10H,6-7,9H2,1H3,(H2,21,23);2-3,6H,4-5,13H2,1H3,(H2,14,15)/t18-;11-/m00/s1. The van der Waals surface area contributed by atoms with Gasteiger partial charge in [-0.15, -0.1) is 0 Å². The van der Waals surface area contributed by atoms with E-state index in [1.807, 2.05) is 13.8 Å². The molecule has 7 nitrogen and oxygen atoms in total. The van der Waals surface area contributed by atoms with E-state index >= 15 is 0 Å². The van der Waals surface area contributed by atoms with Crippen molar-refractivity contribution in [3.8, 4) is 0 Å². The molecule has 2 atom stereocenters. The number of hydrogen-bond acceptors (Lipinski definition) is 9. The number of anilines is 1. The number of pyridine rings is 1. The number of aliphatic imine (C=N–C) groups is 2. The molecule has 0 saturated heterocycles. The van der Waals surface area contributed by atoms with Gasteiger partial charge in [-0.2, -0.15) is 0 Å². The van der Waals surface area contributed by atoms with E-state index in [0.29, 0.717) is 39.1 Å². The number of thioether (sulfide) groups is 2. The predicted molar refractivity (Wildman–Crippen MR) is 162 cm³/mol. The van der Waals surface area contributed by atoms with Crippen molar-refractivity contribution in [3.05, 3.63) is 94.6 Å². The Labute approximate surface area is 245 Å². The molecular weight excluding hydrogens is 569 g/mol. The van der Waals surface area contributed by atoms with Crippen LogP contribution < -0.4 is 17.2 Å². The second-order valence-electron chi connectivity index (χ2n) is 10.2. The fourth-order valence-corrected chi connectivity index (χ4v) is 6.58. The normalized spacial score (nSPS) is 22.2. The van der Waals surface area contributed by atoms with Crippen molar-refractivity contribution in [3.63, 3.8) is 0 Å². The van der Waals surface area contributed by atoms with Crippen molar-refractivity contribution in [2.45, 2.75) is 44.2 Å². The van der Waals surface area contributed by atoms with Crippen LogP contribution in [-0.2, 0) is 17.5 Å². The van der Waals surface area contributed by atoms with E-state index in [1.165, 1.54) is 47.8 Å². The summed E-state index contributed by atoms with van der Waals surface area (Å²) in [6, 6.07) is 11.7. The number of hydrogen-bond donors (Lipinski definition) is 3. The molecule has 2 aliphatic heterocycles. The summed E-state index contributed by atoms with van der Waals surface area (Å²) in [6.07, 6.45) is 2.47. The van der Waals surface area contributed by atoms with E-state index in [-0.39, 0.29) is 29.5 Å². The fourth-order valence-electron chi connectivity index (χ4n) is 4.63. The van der Waals surface area contributed by atoms with Crippen LogP contribution in [0.1, 0.15) is 53.9 Å². The molecule has 0 amide bonds. The van der Waals surface area contributed by atoms with Crippen LogP contribution in [0, 0.1) is 17.5 Å². The highest BCUT2D eigenvalue weighted by Gasteiger charge is 2.33. The van der Waals surface area contributed by atoms with Crippen molar-refractivity contribution in [1.82, 2.24) is 4.98 Å². The molecule has 12 heteroatoms. The summed E-state index contributed by atoms with van der Waals surface area (Å²) in [7, 11) is 0. The molecule has 0 fully saturated rings. The Morgan fingerprint density at radius 3 is 1.93 bits per heavy atom. The average Bonchev–Trinajstić information content (AvgIpc) is 2.91. The third-order valence-electron chi connectivity index (χ3n) is 6.95. The predicted octanol–water partition coefficient (Wildman–Crippen LogP) is 5.53. The van der Waals surface area contributed by atoms with Crippen LogP contribution in [0.4, 0.5) is 18.9 Å². The van der Waals surface area contributed by atoms with Gasteiger partial charge in [0, 0.05) is 34.7 Å². The number of ketones is 1. The minimum absolute atomic E-state index is 0.0515. The summed E-state index contributed by atoms with van der Waals surface area (Å²) in [5.74, 6) is 0.194. The third kappa shape index (κ3) is 7.42. The molecule has 216 valence electrons. The summed E-state index contributed by atoms with van der Waals surface area (Å²) >= 11 is 2.95. The van der Waals surface area contributed by atoms with Crippen molar-refractivity contribution >= 4 is 45.3 Å². The van der Waals surface area contributed by atoms with Crippen molar-refractivity contribution in [2.75, 3.05) is 17.2 Å². The highest BCUT2D eigenvalue weighted by atomic mass is 32.2. The zero-order valence-corrected chi connectivity index (χ0v) is 24.3. The number of nitrogen functional groups attached to an aromatic ring is 1. The first-order valence-electron chi connectivity index (χ1n) is 12.8. The van der Waals surface area contributed by atoms with Crippen LogP contribution in [0.25, 0.3) is 0 Å². The van der Waals surface area contributed by atoms with Crippen LogP contribution >= 0.6 is 23.5 Å². The van der Waals surface area contributed by atoms with Gasteiger partial charge < -0.3 is 17.2 Å². The molecule has 0 unspecified atom stereocenters. The van der Waals surface area contributed by atoms with Crippen LogP contribution in [0.5, 0.6) is 0 Å². The first-order chi connectivity index (χ1) is 19.4. The summed E-state index contributed by atoms with van der Waals surface area (Å²) in [5, 5.41) is 0.945. The molecule has 0 radical (unpaired) electrons. The number of nitrogens with zero attached hydrogens (tertiary/aromatic N) is 3. The highest BCUT2D eigenvalue weighted by Crippen LogP contribution is 2.38. The molecule has 0 aliphatic carbocycles. The Morgan fingerprint density at radius 1 is 0.829 bits per heavy atom. The van der Waals surface area contributed by atoms with Crippen LogP contribution in [0.15, 0.2) is 64.7 Å². The number of Topliss-reactive ketones (excluding diaryl/α,β-unsaturated/α-hetero) is 1. The first kappa shape index (κ1) is 30.4. The summed E-state index contributed by atoms with van der Waals surface area (Å²) in [5.41, 5.74) is 18.2. The Morgan fingerprint density at radius 2 is 1.39 bits per heavy atom. The van der Waals surface area contributed by atoms with Crippen LogP contribution in [0.2, 0.25) is 0 Å². The van der Waals surface area contributed by atoms with E-state index in [2.05, 4.69) is 15.0 Å². The van der Waals surface area contributed by atoms with Gasteiger partial charge in [-0.1, -0.05) is 29.6 Å². The second kappa shape index (κ2) is 12.6. The largest absolute Gasteiger partial charge is 0.399 e. The number of amidine groups is 2. The number of rotatable bonds is 5. The molecule has 2 aliphatic rings. The molecule has 0 saturated carbocycles. The summed E-state index contributed by atoms with van der Waals surface area (Å²) < 4.78 is 41.0. The molecule has 0 spiro atoms. The molecule has 41 heavy (non-hydrogen) atoms. The lowest BCUT2D eigenvalue weighted by molar-refractivity contribution is 0.0988. The molecular formula is C29H31F3N6OS2. The fraction of sp³-hybridized carbons (Fsp3) is 0.310. The van der Waals surface area contributed by atoms with E-state index in [1.54, 1.807) is 24.3 Å². The van der Waals surface area contributed by atoms with Gasteiger partial charge in [-0.25, -0.2) is 13.2 Å². The molecule has 2 aromatic carbocycles. The number of halogens is 3. The topological polar surface area (TPSA) is 133 Å². The van der Waals surface area contributed by atoms with Gasteiger partial charge in [-0.3, -0.25) is 19.8 Å². The second-order valence-corrected chi connectivity index (χ2v) is 12.4. The third-order valence-corrected chi connectivity index (χ3v) is 8.54. The van der Waals surface area contributed by atoms with E-state index in [0.717, 1.165) is 24.1 Å². The van der Waals surface area contributed by atoms with Crippen LogP contribution in [-0.4, -0.2) is 32.6 Å². The maximum atomic E-state index is 14.4. The smallest absolute Gasteiger partial charge is 0.185 e. The SMILES string of the molecule is C[C@@]1(c2cc(CC(=O)c3ccc(F)cn3)ccc2F)CCSC(N)=N1.C[C@@]1(c2cc(N)ccc2F)CCSC(N)=N1. The highest BCUT2D eigenvalue weighted by molar-refractivity contribution is 8.14. The first-order valence-corrected chi connectivity index (χ1v) is 14.8. The summed E-state index contributed by atoms with van der Waals surface area (Å²) in [6.45, 7) is 3.72. The Kier molecular flexibility index (Phi) is 9.33. The van der Waals surface area contributed by atoms with Gasteiger partial charge in [0.25, 0.3) is 0 Å². The minimum atomic E-state index is -0.743. The van der Waals surface area contributed by atoms with E-state index in [9.17, 15) is 18.0 Å². The maximum absolute atomic E-state index is 14.4. The molecule has 3 heterocycles. The summed E-state index contributed by atoms with van der Waals surface area (Å²) in [4.78, 5) is 24.8. The van der Waals surface area contributed by atoms with Gasteiger partial charge >= 0.3 is 0 Å². The lowest BCUT2D eigenvalue weighted by atomic mass is 9.87. The maximum Gasteiger partial charge on any atom is 0.185 e. The molecule has 5 rings (SSSR count). The van der Waals surface area contributed by atoms with Gasteiger partial charge in [0.2, 0.25) is 0 Å². The molecule has 6 N–H and O–H groups in total. The number of carbonyl (C=O) groups excluding carboxylic acids is 1. The number of aromatic nitrogens is 1. The van der Waals surface area contributed by atoms with Crippen molar-refractivity contribution in [1.29, 1.82) is 0 Å². The van der Waals surface area contributed by atoms with Gasteiger partial charge in [0.15, 0.2) is 16.1 Å². The number of benzene rings is 2. The zero-order valence-electron chi connectivity index (χ0n) is 22.7. The van der Waals surface area contributed by atoms with Crippen molar-refractivity contribution in [2.24, 2.45) is 21.5 Å². The Hall–Kier alpha value is -3.51. The minimum Gasteiger partial charge on any atom is -0.399 e. The quantitative estimate of drug-likeness (QED) is 0.259. The van der Waals surface area contributed by atoms with Crippen molar-refractivity contribution < 1.29 is 18.0 Å². The molecule has 1 aromatic heterocycles. The lowest BCUT2D eigenvalue weighted by Crippen LogP contribution is -2.29. The van der Waals surface area contributed by atoms with Gasteiger partial charge in [0.05, 0.1) is 17.3 Å². The van der Waals surface area contributed by atoms with Crippen LogP contribution in [0.3, 0.4) is 0 Å². The number of nitrogens with two attached hydrogens (primary N) is 3. The monoisotopic (exact) mass is 600 g/mol. The number of carbonyl (C=O) groups is 1. The lowest BCUT2D eigenvalue weighted by Gasteiger charge is -2.30. The molecule has 3 aromatic rings. The van der Waals surface area contributed by atoms with Gasteiger partial charge in [-0.05, 0) is 74.7 Å². The van der Waals surface area contributed by atoms with Gasteiger partial charge in [0.1, 0.15) is 23.1 Å². The Bertz CT molecular complexity index is 1500. The Balaban J connectivity index is 0.000000208. The molecule has 0 bridgehead atoms. The zero-order chi connectivity index (χ0) is 29.8. The average molecular weight is 601 g/mol. The van der Waals surface area contributed by atoms with E-state index in [4.69, 9.17) is 17.2 Å².